The number of non-ortho nitro benzene ring substituents is 1. The van der Waals surface area contributed by atoms with Gasteiger partial charge in [-0.25, -0.2) is 8.42 Å². The van der Waals surface area contributed by atoms with Crippen LogP contribution in [-0.4, -0.2) is 59.1 Å². The molecule has 3 aromatic carbocycles. The number of hydrogen-bond acceptors (Lipinski definition) is 11. The van der Waals surface area contributed by atoms with E-state index >= 15 is 0 Å². The molecule has 0 amide bonds. The number of pyridine rings is 1. The molecule has 1 saturated heterocycles. The predicted octanol–water partition coefficient (Wildman–Crippen LogP) is 5.45. The lowest BCUT2D eigenvalue weighted by Gasteiger charge is -2.34. The zero-order chi connectivity index (χ0) is 30.7. The number of rotatable bonds is 9. The number of anilines is 1. The van der Waals surface area contributed by atoms with Crippen molar-refractivity contribution in [3.8, 4) is 0 Å². The summed E-state index contributed by atoms with van der Waals surface area (Å²) in [5.74, 6) is 0. The summed E-state index contributed by atoms with van der Waals surface area (Å²) >= 11 is 1.22. The molecule has 43 heavy (non-hydrogen) atoms. The number of nitrogens with one attached hydrogen (secondary N) is 1. The SMILES string of the molecule is C[C@@H]1CN(S(=O)(=O)c2cc([N+](=O)[O-])ccc2N/N=C\c2ccc(Sc3cccc4cccnc34)c([N+](=O)[O-])c2)C[C@@H](C)O1. The Morgan fingerprint density at radius 3 is 2.47 bits per heavy atom. The molecule has 1 aliphatic heterocycles. The molecule has 1 N–H and O–H groups in total. The zero-order valence-electron chi connectivity index (χ0n) is 23.0. The van der Waals surface area contributed by atoms with E-state index in [-0.39, 0.29) is 41.6 Å². The van der Waals surface area contributed by atoms with E-state index in [1.54, 1.807) is 32.2 Å². The Morgan fingerprint density at radius 2 is 1.74 bits per heavy atom. The Kier molecular flexibility index (Phi) is 8.68. The van der Waals surface area contributed by atoms with E-state index in [1.807, 2.05) is 30.3 Å². The summed E-state index contributed by atoms with van der Waals surface area (Å²) in [5, 5.41) is 28.4. The molecule has 0 bridgehead atoms. The smallest absolute Gasteiger partial charge is 0.283 e. The average molecular weight is 623 g/mol. The van der Waals surface area contributed by atoms with Gasteiger partial charge in [-0.2, -0.15) is 9.41 Å². The van der Waals surface area contributed by atoms with Gasteiger partial charge in [-0.15, -0.1) is 0 Å². The maximum atomic E-state index is 13.6. The summed E-state index contributed by atoms with van der Waals surface area (Å²) in [4.78, 5) is 27.5. The van der Waals surface area contributed by atoms with Crippen LogP contribution in [0.25, 0.3) is 10.9 Å². The van der Waals surface area contributed by atoms with Crippen molar-refractivity contribution < 1.29 is 23.0 Å². The van der Waals surface area contributed by atoms with Gasteiger partial charge in [-0.1, -0.05) is 36.0 Å². The number of hydrazone groups is 1. The summed E-state index contributed by atoms with van der Waals surface area (Å²) < 4.78 is 34.0. The third-order valence-corrected chi connectivity index (χ3v) is 9.56. The predicted molar refractivity (Wildman–Crippen MR) is 162 cm³/mol. The zero-order valence-corrected chi connectivity index (χ0v) is 24.6. The fourth-order valence-electron chi connectivity index (χ4n) is 4.69. The third-order valence-electron chi connectivity index (χ3n) is 6.57. The number of hydrogen-bond donors (Lipinski definition) is 1. The minimum absolute atomic E-state index is 0.0128. The minimum Gasteiger partial charge on any atom is -0.373 e. The maximum absolute atomic E-state index is 13.6. The van der Waals surface area contributed by atoms with Gasteiger partial charge < -0.3 is 4.74 Å². The van der Waals surface area contributed by atoms with Crippen molar-refractivity contribution in [2.45, 2.75) is 40.7 Å². The molecule has 2 atom stereocenters. The first-order chi connectivity index (χ1) is 20.5. The molecule has 1 aliphatic rings. The summed E-state index contributed by atoms with van der Waals surface area (Å²) in [6, 6.07) is 17.4. The molecular formula is C28H26N6O7S2. The van der Waals surface area contributed by atoms with Gasteiger partial charge in [0.2, 0.25) is 10.0 Å². The summed E-state index contributed by atoms with van der Waals surface area (Å²) in [5.41, 5.74) is 3.23. The van der Waals surface area contributed by atoms with Crippen molar-refractivity contribution in [3.63, 3.8) is 0 Å². The normalized spacial score (nSPS) is 17.7. The van der Waals surface area contributed by atoms with Gasteiger partial charge in [-0.05, 0) is 38.1 Å². The number of fused-ring (bicyclic) bond motifs is 1. The van der Waals surface area contributed by atoms with Crippen LogP contribution in [0.3, 0.4) is 0 Å². The first-order valence-electron chi connectivity index (χ1n) is 13.1. The van der Waals surface area contributed by atoms with Crippen LogP contribution < -0.4 is 5.43 Å². The fraction of sp³-hybridized carbons (Fsp3) is 0.214. The second-order valence-electron chi connectivity index (χ2n) is 9.80. The molecule has 0 saturated carbocycles. The monoisotopic (exact) mass is 622 g/mol. The fourth-order valence-corrected chi connectivity index (χ4v) is 7.47. The largest absolute Gasteiger partial charge is 0.373 e. The minimum atomic E-state index is -4.16. The molecule has 222 valence electrons. The second kappa shape index (κ2) is 12.4. The Hall–Kier alpha value is -4.44. The van der Waals surface area contributed by atoms with Gasteiger partial charge >= 0.3 is 0 Å². The topological polar surface area (TPSA) is 170 Å². The molecule has 0 radical (unpaired) electrons. The lowest BCUT2D eigenvalue weighted by Crippen LogP contribution is -2.48. The number of nitrogens with zero attached hydrogens (tertiary/aromatic N) is 5. The van der Waals surface area contributed by atoms with Gasteiger partial charge in [0.25, 0.3) is 11.4 Å². The van der Waals surface area contributed by atoms with Crippen molar-refractivity contribution in [3.05, 3.63) is 98.7 Å². The lowest BCUT2D eigenvalue weighted by atomic mass is 10.2. The van der Waals surface area contributed by atoms with E-state index < -0.39 is 25.6 Å². The van der Waals surface area contributed by atoms with E-state index in [2.05, 4.69) is 15.5 Å². The summed E-state index contributed by atoms with van der Waals surface area (Å²) in [6.45, 7) is 3.66. The van der Waals surface area contributed by atoms with Crippen molar-refractivity contribution in [2.24, 2.45) is 5.10 Å². The van der Waals surface area contributed by atoms with E-state index in [9.17, 15) is 28.6 Å². The van der Waals surface area contributed by atoms with E-state index in [0.29, 0.717) is 10.5 Å². The highest BCUT2D eigenvalue weighted by Gasteiger charge is 2.34. The highest BCUT2D eigenvalue weighted by molar-refractivity contribution is 7.99. The first-order valence-corrected chi connectivity index (χ1v) is 15.3. The first kappa shape index (κ1) is 30.0. The third kappa shape index (κ3) is 6.64. The molecule has 13 nitrogen and oxygen atoms in total. The van der Waals surface area contributed by atoms with E-state index in [4.69, 9.17) is 4.74 Å². The molecule has 1 fully saturated rings. The maximum Gasteiger partial charge on any atom is 0.283 e. The van der Waals surface area contributed by atoms with E-state index in [1.165, 1.54) is 40.5 Å². The number of aromatic nitrogens is 1. The van der Waals surface area contributed by atoms with Crippen molar-refractivity contribution in [1.82, 2.24) is 9.29 Å². The molecule has 1 aromatic heterocycles. The second-order valence-corrected chi connectivity index (χ2v) is 12.8. The number of nitro groups is 2. The van der Waals surface area contributed by atoms with Crippen LogP contribution in [0.15, 0.2) is 92.7 Å². The molecule has 0 aliphatic carbocycles. The Labute approximate surface area is 250 Å². The highest BCUT2D eigenvalue weighted by atomic mass is 32.2. The van der Waals surface area contributed by atoms with Crippen LogP contribution in [0, 0.1) is 20.2 Å². The molecule has 0 unspecified atom stereocenters. The van der Waals surface area contributed by atoms with Crippen LogP contribution in [0.1, 0.15) is 19.4 Å². The molecule has 2 heterocycles. The average Bonchev–Trinajstić information content (AvgIpc) is 2.97. The van der Waals surface area contributed by atoms with Gasteiger partial charge in [0.1, 0.15) is 4.90 Å². The summed E-state index contributed by atoms with van der Waals surface area (Å²) in [7, 11) is -4.16. The summed E-state index contributed by atoms with van der Waals surface area (Å²) in [6.07, 6.45) is 2.25. The van der Waals surface area contributed by atoms with Crippen LogP contribution in [-0.2, 0) is 14.8 Å². The van der Waals surface area contributed by atoms with Crippen LogP contribution in [0.5, 0.6) is 0 Å². The molecule has 5 rings (SSSR count). The van der Waals surface area contributed by atoms with E-state index in [0.717, 1.165) is 21.9 Å². The number of ether oxygens (including phenoxy) is 1. The molecule has 4 aromatic rings. The molecular weight excluding hydrogens is 596 g/mol. The number of sulfonamides is 1. The number of benzene rings is 3. The highest BCUT2D eigenvalue weighted by Crippen LogP contribution is 2.38. The quantitative estimate of drug-likeness (QED) is 0.144. The number of para-hydroxylation sites is 1. The van der Waals surface area contributed by atoms with Gasteiger partial charge in [0, 0.05) is 53.3 Å². The van der Waals surface area contributed by atoms with Gasteiger partial charge in [0.05, 0.1) is 44.4 Å². The van der Waals surface area contributed by atoms with Crippen LogP contribution >= 0.6 is 11.8 Å². The number of nitro benzene ring substituents is 2. The van der Waals surface area contributed by atoms with Crippen LogP contribution in [0.2, 0.25) is 0 Å². The van der Waals surface area contributed by atoms with Crippen molar-refractivity contribution in [2.75, 3.05) is 18.5 Å². The lowest BCUT2D eigenvalue weighted by molar-refractivity contribution is -0.387. The molecule has 15 heteroatoms. The van der Waals surface area contributed by atoms with Crippen molar-refractivity contribution >= 4 is 56.0 Å². The standard InChI is InChI=1S/C28H26N6O7S2/c1-18-16-32(17-19(2)41-18)43(39,40)27-14-22(33(35)36)9-10-23(27)31-30-15-20-8-11-25(24(13-20)34(37)38)42-26-7-3-5-21-6-4-12-29-28(21)26/h3-15,18-19,31H,16-17H2,1-2H3/b30-15-/t18-,19-/m1/s1. The van der Waals surface area contributed by atoms with Crippen LogP contribution in [0.4, 0.5) is 17.1 Å². The Balaban J connectivity index is 1.42. The van der Waals surface area contributed by atoms with Crippen molar-refractivity contribution in [1.29, 1.82) is 0 Å². The molecule has 0 spiro atoms. The Morgan fingerprint density at radius 1 is 1.00 bits per heavy atom. The van der Waals surface area contributed by atoms with Gasteiger partial charge in [0.15, 0.2) is 0 Å². The number of morpholine rings is 1. The van der Waals surface area contributed by atoms with Gasteiger partial charge in [-0.3, -0.25) is 30.6 Å². The Bertz CT molecular complexity index is 1840.